The Balaban J connectivity index is 1.92. The normalized spacial score (nSPS) is 62.5. The second-order valence-electron chi connectivity index (χ2n) is 4.57. The number of hydrogen-bond acceptors (Lipinski definition) is 2. The minimum absolute atomic E-state index is 0.414. The van der Waals surface area contributed by atoms with Gasteiger partial charge in [-0.2, -0.15) is 0 Å². The van der Waals surface area contributed by atoms with Crippen LogP contribution in [-0.2, 0) is 9.47 Å². The molecular formula is C10H16O2. The molecule has 0 spiro atoms. The number of rotatable bonds is 0. The summed E-state index contributed by atoms with van der Waals surface area (Å²) in [5.74, 6) is 2.17. The lowest BCUT2D eigenvalue weighted by Gasteiger charge is -2.29. The molecule has 0 amide bonds. The van der Waals surface area contributed by atoms with Gasteiger partial charge >= 0.3 is 0 Å². The van der Waals surface area contributed by atoms with Crippen molar-refractivity contribution in [1.82, 2.24) is 0 Å². The van der Waals surface area contributed by atoms with Crippen molar-refractivity contribution in [2.45, 2.75) is 38.6 Å². The Morgan fingerprint density at radius 3 is 2.58 bits per heavy atom. The largest absolute Gasteiger partial charge is 0.375 e. The van der Waals surface area contributed by atoms with Gasteiger partial charge in [0.2, 0.25) is 0 Å². The average Bonchev–Trinajstić information content (AvgIpc) is 2.63. The van der Waals surface area contributed by atoms with Gasteiger partial charge in [0, 0.05) is 12.5 Å². The van der Waals surface area contributed by atoms with Crippen LogP contribution < -0.4 is 0 Å². The maximum absolute atomic E-state index is 5.94. The molecule has 68 valence electrons. The van der Waals surface area contributed by atoms with Crippen LogP contribution >= 0.6 is 0 Å². The van der Waals surface area contributed by atoms with Gasteiger partial charge in [0.25, 0.3) is 0 Å². The monoisotopic (exact) mass is 168 g/mol. The second kappa shape index (κ2) is 2.24. The van der Waals surface area contributed by atoms with Crippen molar-refractivity contribution in [3.63, 3.8) is 0 Å². The van der Waals surface area contributed by atoms with Gasteiger partial charge in [-0.15, -0.1) is 0 Å². The van der Waals surface area contributed by atoms with E-state index < -0.39 is 0 Å². The molecule has 0 radical (unpaired) electrons. The molecule has 0 aromatic rings. The Bertz CT molecular complexity index is 184. The molecule has 12 heavy (non-hydrogen) atoms. The average molecular weight is 168 g/mol. The molecule has 3 aliphatic rings. The van der Waals surface area contributed by atoms with Crippen molar-refractivity contribution in [3.05, 3.63) is 0 Å². The summed E-state index contributed by atoms with van der Waals surface area (Å²) in [6.07, 6.45) is 2.60. The van der Waals surface area contributed by atoms with E-state index in [0.717, 1.165) is 18.4 Å². The van der Waals surface area contributed by atoms with Crippen LogP contribution in [0.3, 0.4) is 0 Å². The Morgan fingerprint density at radius 2 is 1.75 bits per heavy atom. The van der Waals surface area contributed by atoms with Crippen LogP contribution in [0.25, 0.3) is 0 Å². The summed E-state index contributed by atoms with van der Waals surface area (Å²) in [4.78, 5) is 0. The lowest BCUT2D eigenvalue weighted by molar-refractivity contribution is 0.00267. The third-order valence-corrected chi connectivity index (χ3v) is 4.11. The van der Waals surface area contributed by atoms with Gasteiger partial charge in [-0.25, -0.2) is 0 Å². The van der Waals surface area contributed by atoms with Crippen molar-refractivity contribution >= 4 is 0 Å². The summed E-state index contributed by atoms with van der Waals surface area (Å²) in [6.45, 7) is 5.59. The molecule has 6 unspecified atom stereocenters. The zero-order valence-electron chi connectivity index (χ0n) is 7.69. The molecule has 2 nitrogen and oxygen atoms in total. The highest BCUT2D eigenvalue weighted by Gasteiger charge is 2.58. The van der Waals surface area contributed by atoms with E-state index in [1.807, 2.05) is 0 Å². The van der Waals surface area contributed by atoms with E-state index in [2.05, 4.69) is 13.8 Å². The second-order valence-corrected chi connectivity index (χ2v) is 4.57. The molecule has 2 bridgehead atoms. The van der Waals surface area contributed by atoms with E-state index >= 15 is 0 Å². The summed E-state index contributed by atoms with van der Waals surface area (Å²) in [6, 6.07) is 0. The van der Waals surface area contributed by atoms with Crippen molar-refractivity contribution in [3.8, 4) is 0 Å². The molecule has 3 fully saturated rings. The molecule has 6 atom stereocenters. The zero-order chi connectivity index (χ0) is 8.29. The highest BCUT2D eigenvalue weighted by atomic mass is 16.6. The summed E-state index contributed by atoms with van der Waals surface area (Å²) >= 11 is 0. The first kappa shape index (κ1) is 7.34. The molecule has 2 heteroatoms. The van der Waals surface area contributed by atoms with Crippen LogP contribution in [0.1, 0.15) is 20.3 Å². The maximum Gasteiger partial charge on any atom is 0.0893 e. The van der Waals surface area contributed by atoms with E-state index in [1.54, 1.807) is 0 Å². The summed E-state index contributed by atoms with van der Waals surface area (Å²) in [5.41, 5.74) is 0. The van der Waals surface area contributed by atoms with E-state index in [4.69, 9.17) is 9.47 Å². The van der Waals surface area contributed by atoms with Crippen LogP contribution in [0.15, 0.2) is 0 Å². The minimum Gasteiger partial charge on any atom is -0.375 e. The lowest BCUT2D eigenvalue weighted by Crippen LogP contribution is -2.38. The van der Waals surface area contributed by atoms with E-state index in [0.29, 0.717) is 24.2 Å². The van der Waals surface area contributed by atoms with Crippen LogP contribution in [0.5, 0.6) is 0 Å². The molecule has 3 saturated heterocycles. The molecule has 3 aliphatic heterocycles. The molecule has 0 aliphatic carbocycles. The summed E-state index contributed by atoms with van der Waals surface area (Å²) < 4.78 is 11.6. The van der Waals surface area contributed by atoms with Gasteiger partial charge < -0.3 is 9.47 Å². The quantitative estimate of drug-likeness (QED) is 0.545. The Morgan fingerprint density at radius 1 is 1.00 bits per heavy atom. The van der Waals surface area contributed by atoms with Gasteiger partial charge in [0.1, 0.15) is 0 Å². The minimum atomic E-state index is 0.414. The topological polar surface area (TPSA) is 18.5 Å². The first-order chi connectivity index (χ1) is 5.79. The number of ether oxygens (including phenoxy) is 2. The molecule has 0 saturated carbocycles. The number of fused-ring (bicyclic) bond motifs is 5. The van der Waals surface area contributed by atoms with Crippen LogP contribution in [0.2, 0.25) is 0 Å². The summed E-state index contributed by atoms with van der Waals surface area (Å²) in [7, 11) is 0. The van der Waals surface area contributed by atoms with E-state index in [1.165, 1.54) is 6.42 Å². The molecule has 0 aromatic carbocycles. The fourth-order valence-electron chi connectivity index (χ4n) is 3.21. The van der Waals surface area contributed by atoms with Gasteiger partial charge in [0.05, 0.1) is 18.3 Å². The van der Waals surface area contributed by atoms with Crippen molar-refractivity contribution in [1.29, 1.82) is 0 Å². The van der Waals surface area contributed by atoms with Crippen molar-refractivity contribution in [2.24, 2.45) is 17.8 Å². The summed E-state index contributed by atoms with van der Waals surface area (Å²) in [5, 5.41) is 0. The highest BCUT2D eigenvalue weighted by Crippen LogP contribution is 2.50. The van der Waals surface area contributed by atoms with Crippen LogP contribution in [0.4, 0.5) is 0 Å². The van der Waals surface area contributed by atoms with Gasteiger partial charge in [0.15, 0.2) is 0 Å². The standard InChI is InChI=1S/C10H16O2/c1-5-6(2)9-10-7(3-4-11-10)8(5)12-9/h5-10H,3-4H2,1-2H3. The molecule has 0 aromatic heterocycles. The molecule has 0 N–H and O–H groups in total. The molecule has 3 heterocycles. The molecular weight excluding hydrogens is 152 g/mol. The maximum atomic E-state index is 5.94. The van der Waals surface area contributed by atoms with Crippen LogP contribution in [-0.4, -0.2) is 24.9 Å². The third-order valence-electron chi connectivity index (χ3n) is 4.11. The molecule has 3 rings (SSSR count). The van der Waals surface area contributed by atoms with Gasteiger partial charge in [-0.05, 0) is 18.3 Å². The lowest BCUT2D eigenvalue weighted by atomic mass is 9.74. The first-order valence-corrected chi connectivity index (χ1v) is 5.06. The van der Waals surface area contributed by atoms with Gasteiger partial charge in [-0.1, -0.05) is 13.8 Å². The fraction of sp³-hybridized carbons (Fsp3) is 1.00. The predicted molar refractivity (Wildman–Crippen MR) is 44.8 cm³/mol. The Labute approximate surface area is 73.2 Å². The third kappa shape index (κ3) is 0.686. The van der Waals surface area contributed by atoms with E-state index in [9.17, 15) is 0 Å². The predicted octanol–water partition coefficient (Wildman–Crippen LogP) is 1.44. The van der Waals surface area contributed by atoms with Crippen molar-refractivity contribution < 1.29 is 9.47 Å². The SMILES string of the molecule is CC1C(C)C2OC1C1CCOC12. The fourth-order valence-corrected chi connectivity index (χ4v) is 3.21. The van der Waals surface area contributed by atoms with Gasteiger partial charge in [-0.3, -0.25) is 0 Å². The smallest absolute Gasteiger partial charge is 0.0893 e. The zero-order valence-corrected chi connectivity index (χ0v) is 7.69. The number of hydrogen-bond donors (Lipinski definition) is 0. The van der Waals surface area contributed by atoms with E-state index in [-0.39, 0.29) is 0 Å². The van der Waals surface area contributed by atoms with Crippen molar-refractivity contribution in [2.75, 3.05) is 6.61 Å². The first-order valence-electron chi connectivity index (χ1n) is 5.06. The Hall–Kier alpha value is -0.0800. The van der Waals surface area contributed by atoms with Crippen LogP contribution in [0, 0.1) is 17.8 Å². The highest BCUT2D eigenvalue weighted by molar-refractivity contribution is 5.05. The Kier molecular flexibility index (Phi) is 1.37.